The Morgan fingerprint density at radius 2 is 1.94 bits per heavy atom. The van der Waals surface area contributed by atoms with Gasteiger partial charge in [-0.25, -0.2) is 0 Å². The maximum Gasteiger partial charge on any atom is 0.0124 e. The molecule has 0 aromatic heterocycles. The minimum Gasteiger partial charge on any atom is -0.300 e. The van der Waals surface area contributed by atoms with Gasteiger partial charge in [0.2, 0.25) is 0 Å². The molecular weight excluding hydrogens is 274 g/mol. The third-order valence-electron chi connectivity index (χ3n) is 4.77. The number of halogens is 1. The molecule has 1 heterocycles. The van der Waals surface area contributed by atoms with Crippen molar-refractivity contribution in [2.75, 3.05) is 18.4 Å². The number of likely N-dealkylation sites (tertiary alicyclic amines) is 1. The van der Waals surface area contributed by atoms with Gasteiger partial charge in [-0.05, 0) is 50.5 Å². The van der Waals surface area contributed by atoms with Crippen LogP contribution in [0.15, 0.2) is 0 Å². The molecule has 1 saturated carbocycles. The molecule has 1 nitrogen and oxygen atoms in total. The summed E-state index contributed by atoms with van der Waals surface area (Å²) in [5, 5.41) is 1.19. The molecule has 1 saturated heterocycles. The lowest BCUT2D eigenvalue weighted by Crippen LogP contribution is -2.48. The van der Waals surface area contributed by atoms with Gasteiger partial charge in [-0.15, -0.1) is 0 Å². The average Bonchev–Trinajstić information content (AvgIpc) is 2.38. The lowest BCUT2D eigenvalue weighted by Gasteiger charge is -2.45. The highest BCUT2D eigenvalue weighted by molar-refractivity contribution is 9.09. The summed E-state index contributed by atoms with van der Waals surface area (Å²) < 4.78 is 0. The van der Waals surface area contributed by atoms with Crippen molar-refractivity contribution in [2.45, 2.75) is 64.3 Å². The second-order valence-electron chi connectivity index (χ2n) is 6.06. The Morgan fingerprint density at radius 1 is 1.18 bits per heavy atom. The van der Waals surface area contributed by atoms with Crippen molar-refractivity contribution in [3.05, 3.63) is 0 Å². The Labute approximate surface area is 115 Å². The molecule has 0 spiro atoms. The third kappa shape index (κ3) is 3.70. The third-order valence-corrected chi connectivity index (χ3v) is 5.68. The average molecular weight is 302 g/mol. The van der Waals surface area contributed by atoms with E-state index in [1.807, 2.05) is 0 Å². The number of piperidine rings is 1. The summed E-state index contributed by atoms with van der Waals surface area (Å²) in [6, 6.07) is 0.941. The van der Waals surface area contributed by atoms with Crippen LogP contribution in [-0.2, 0) is 0 Å². The quantitative estimate of drug-likeness (QED) is 0.678. The molecule has 0 N–H and O–H groups in total. The molecule has 3 atom stereocenters. The number of hydrogen-bond acceptors (Lipinski definition) is 1. The summed E-state index contributed by atoms with van der Waals surface area (Å²) in [6.07, 6.45) is 11.6. The normalized spacial score (nSPS) is 32.1. The summed E-state index contributed by atoms with van der Waals surface area (Å²) in [6.45, 7) is 5.03. The smallest absolute Gasteiger partial charge is 0.0124 e. The highest BCUT2D eigenvalue weighted by Crippen LogP contribution is 2.35. The van der Waals surface area contributed by atoms with Gasteiger partial charge >= 0.3 is 0 Å². The first-order chi connectivity index (χ1) is 8.35. The van der Waals surface area contributed by atoms with E-state index in [9.17, 15) is 0 Å². The Hall–Kier alpha value is 0.440. The standard InChI is InChI=1S/C15H28BrN/c1-2-6-13(11-16)12-17-10-5-8-14-7-3-4-9-15(14)17/h13-15H,2-12H2,1H3. The Balaban J connectivity index is 1.89. The molecular formula is C15H28BrN. The zero-order valence-electron chi connectivity index (χ0n) is 11.3. The van der Waals surface area contributed by atoms with Gasteiger partial charge in [0.1, 0.15) is 0 Å². The van der Waals surface area contributed by atoms with Crippen molar-refractivity contribution >= 4 is 15.9 Å². The molecule has 100 valence electrons. The molecule has 0 aromatic carbocycles. The van der Waals surface area contributed by atoms with Crippen molar-refractivity contribution < 1.29 is 0 Å². The van der Waals surface area contributed by atoms with E-state index in [2.05, 4.69) is 27.8 Å². The fourth-order valence-corrected chi connectivity index (χ4v) is 4.44. The number of nitrogens with zero attached hydrogens (tertiary/aromatic N) is 1. The van der Waals surface area contributed by atoms with Crippen molar-refractivity contribution in [2.24, 2.45) is 11.8 Å². The molecule has 1 aliphatic carbocycles. The van der Waals surface area contributed by atoms with Crippen LogP contribution in [0.3, 0.4) is 0 Å². The minimum absolute atomic E-state index is 0.876. The van der Waals surface area contributed by atoms with Crippen molar-refractivity contribution in [1.29, 1.82) is 0 Å². The van der Waals surface area contributed by atoms with Crippen LogP contribution in [0.4, 0.5) is 0 Å². The lowest BCUT2D eigenvalue weighted by atomic mass is 9.78. The van der Waals surface area contributed by atoms with Gasteiger partial charge in [-0.3, -0.25) is 4.90 Å². The molecule has 0 amide bonds. The molecule has 2 heteroatoms. The van der Waals surface area contributed by atoms with Gasteiger partial charge < -0.3 is 0 Å². The van der Waals surface area contributed by atoms with E-state index in [4.69, 9.17) is 0 Å². The predicted octanol–water partition coefficient (Wildman–Crippen LogP) is 4.45. The van der Waals surface area contributed by atoms with Crippen molar-refractivity contribution in [3.63, 3.8) is 0 Å². The van der Waals surface area contributed by atoms with E-state index in [0.29, 0.717) is 0 Å². The van der Waals surface area contributed by atoms with E-state index >= 15 is 0 Å². The molecule has 0 aromatic rings. The number of fused-ring (bicyclic) bond motifs is 1. The largest absolute Gasteiger partial charge is 0.300 e. The van der Waals surface area contributed by atoms with E-state index in [-0.39, 0.29) is 0 Å². The molecule has 2 fully saturated rings. The van der Waals surface area contributed by atoms with E-state index in [1.54, 1.807) is 0 Å². The summed E-state index contributed by atoms with van der Waals surface area (Å²) in [5.74, 6) is 1.91. The van der Waals surface area contributed by atoms with Crippen LogP contribution in [0.2, 0.25) is 0 Å². The van der Waals surface area contributed by atoms with Crippen LogP contribution in [0.1, 0.15) is 58.3 Å². The second kappa shape index (κ2) is 7.13. The van der Waals surface area contributed by atoms with E-state index in [0.717, 1.165) is 17.9 Å². The fraction of sp³-hybridized carbons (Fsp3) is 1.00. The fourth-order valence-electron chi connectivity index (χ4n) is 3.91. The van der Waals surface area contributed by atoms with Crippen LogP contribution in [0.5, 0.6) is 0 Å². The Bertz CT molecular complexity index is 217. The summed E-state index contributed by atoms with van der Waals surface area (Å²) in [7, 11) is 0. The van der Waals surface area contributed by atoms with Crippen LogP contribution in [0.25, 0.3) is 0 Å². The molecule has 2 rings (SSSR count). The lowest BCUT2D eigenvalue weighted by molar-refractivity contribution is 0.0496. The van der Waals surface area contributed by atoms with Crippen LogP contribution >= 0.6 is 15.9 Å². The first kappa shape index (κ1) is 13.9. The van der Waals surface area contributed by atoms with E-state index < -0.39 is 0 Å². The number of alkyl halides is 1. The first-order valence-corrected chi connectivity index (χ1v) is 8.77. The van der Waals surface area contributed by atoms with Gasteiger partial charge in [-0.2, -0.15) is 0 Å². The maximum atomic E-state index is 3.71. The molecule has 3 unspecified atom stereocenters. The zero-order valence-corrected chi connectivity index (χ0v) is 12.9. The van der Waals surface area contributed by atoms with Gasteiger partial charge in [-0.1, -0.05) is 42.1 Å². The van der Waals surface area contributed by atoms with Gasteiger partial charge in [0.15, 0.2) is 0 Å². The number of rotatable bonds is 5. The topological polar surface area (TPSA) is 3.24 Å². The Morgan fingerprint density at radius 3 is 2.71 bits per heavy atom. The molecule has 1 aliphatic heterocycles. The van der Waals surface area contributed by atoms with Gasteiger partial charge in [0.25, 0.3) is 0 Å². The number of hydrogen-bond donors (Lipinski definition) is 0. The van der Waals surface area contributed by atoms with Gasteiger partial charge in [0.05, 0.1) is 0 Å². The summed E-state index contributed by atoms with van der Waals surface area (Å²) >= 11 is 3.71. The molecule has 0 bridgehead atoms. The SMILES string of the molecule is CCCC(CBr)CN1CCCC2CCCCC21. The molecule has 0 radical (unpaired) electrons. The molecule has 17 heavy (non-hydrogen) atoms. The predicted molar refractivity (Wildman–Crippen MR) is 78.7 cm³/mol. The van der Waals surface area contributed by atoms with Crippen molar-refractivity contribution in [1.82, 2.24) is 4.90 Å². The minimum atomic E-state index is 0.876. The van der Waals surface area contributed by atoms with Crippen LogP contribution in [0, 0.1) is 11.8 Å². The maximum absolute atomic E-state index is 3.71. The highest BCUT2D eigenvalue weighted by Gasteiger charge is 2.33. The second-order valence-corrected chi connectivity index (χ2v) is 6.71. The van der Waals surface area contributed by atoms with Gasteiger partial charge in [0, 0.05) is 17.9 Å². The summed E-state index contributed by atoms with van der Waals surface area (Å²) in [4.78, 5) is 2.84. The Kier molecular flexibility index (Phi) is 5.82. The highest BCUT2D eigenvalue weighted by atomic mass is 79.9. The van der Waals surface area contributed by atoms with Crippen LogP contribution in [-0.4, -0.2) is 29.4 Å². The first-order valence-electron chi connectivity index (χ1n) is 7.65. The van der Waals surface area contributed by atoms with Crippen LogP contribution < -0.4 is 0 Å². The molecule has 2 aliphatic rings. The van der Waals surface area contributed by atoms with E-state index in [1.165, 1.54) is 69.8 Å². The monoisotopic (exact) mass is 301 g/mol. The zero-order chi connectivity index (χ0) is 12.1. The van der Waals surface area contributed by atoms with Crippen molar-refractivity contribution in [3.8, 4) is 0 Å². The summed E-state index contributed by atoms with van der Waals surface area (Å²) in [5.41, 5.74) is 0.